The molecule has 0 aliphatic carbocycles. The largest absolute Gasteiger partial charge is 0.466 e. The summed E-state index contributed by atoms with van der Waals surface area (Å²) >= 11 is 0. The number of carbonyl (C=O) groups is 2. The van der Waals surface area contributed by atoms with Crippen LogP contribution in [0.15, 0.2) is 46.8 Å². The Bertz CT molecular complexity index is 716. The van der Waals surface area contributed by atoms with E-state index in [9.17, 15) is 14.0 Å². The number of ether oxygens (including phenoxy) is 1. The normalized spacial score (nSPS) is 18.3. The van der Waals surface area contributed by atoms with Crippen LogP contribution in [0.2, 0.25) is 0 Å². The second kappa shape index (κ2) is 6.36. The number of halogens is 1. The van der Waals surface area contributed by atoms with Crippen molar-refractivity contribution in [3.05, 3.63) is 58.2 Å². The Morgan fingerprint density at radius 3 is 2.09 bits per heavy atom. The maximum Gasteiger partial charge on any atom is 0.336 e. The predicted octanol–water partition coefficient (Wildman–Crippen LogP) is 3.16. The second-order valence-electron chi connectivity index (χ2n) is 5.59. The van der Waals surface area contributed by atoms with Gasteiger partial charge in [-0.25, -0.2) is 9.18 Å². The van der Waals surface area contributed by atoms with E-state index in [4.69, 9.17) is 4.74 Å². The van der Waals surface area contributed by atoms with Crippen molar-refractivity contribution in [3.63, 3.8) is 0 Å². The Morgan fingerprint density at radius 2 is 1.61 bits per heavy atom. The highest BCUT2D eigenvalue weighted by Gasteiger charge is 2.37. The lowest BCUT2D eigenvalue weighted by Crippen LogP contribution is -2.32. The van der Waals surface area contributed by atoms with Gasteiger partial charge in [0.2, 0.25) is 0 Å². The first kappa shape index (κ1) is 16.9. The summed E-state index contributed by atoms with van der Waals surface area (Å²) in [6.07, 6.45) is 0. The molecule has 4 nitrogen and oxygen atoms in total. The summed E-state index contributed by atoms with van der Waals surface area (Å²) in [7, 11) is 3.11. The summed E-state index contributed by atoms with van der Waals surface area (Å²) in [5, 5.41) is 0. The van der Waals surface area contributed by atoms with Crippen molar-refractivity contribution in [2.24, 2.45) is 0 Å². The third-order valence-electron chi connectivity index (χ3n) is 4.35. The molecule has 0 bridgehead atoms. The molecule has 0 spiro atoms. The average Bonchev–Trinajstić information content (AvgIpc) is 2.52. The number of allylic oxidation sites excluding steroid dienone is 3. The third-order valence-corrected chi connectivity index (χ3v) is 4.35. The fourth-order valence-corrected chi connectivity index (χ4v) is 3.00. The number of nitrogens with zero attached hydrogens (tertiary/aromatic N) is 1. The standard InChI is InChI=1S/C18H20FNO3/c1-10-15(12(3)21)17(13-6-8-14(19)9-7-13)16(18(22)23-5)11(2)20(10)4/h6-9,17H,1-5H3. The zero-order valence-corrected chi connectivity index (χ0v) is 13.9. The van der Waals surface area contributed by atoms with E-state index in [-0.39, 0.29) is 11.6 Å². The van der Waals surface area contributed by atoms with Gasteiger partial charge < -0.3 is 9.64 Å². The summed E-state index contributed by atoms with van der Waals surface area (Å²) in [6.45, 7) is 5.12. The number of rotatable bonds is 3. The highest BCUT2D eigenvalue weighted by molar-refractivity contribution is 6.02. The fourth-order valence-electron chi connectivity index (χ4n) is 3.00. The molecule has 0 fully saturated rings. The lowest BCUT2D eigenvalue weighted by molar-refractivity contribution is -0.136. The highest BCUT2D eigenvalue weighted by atomic mass is 19.1. The maximum atomic E-state index is 13.3. The van der Waals surface area contributed by atoms with Gasteiger partial charge in [-0.2, -0.15) is 0 Å². The van der Waals surface area contributed by atoms with Crippen molar-refractivity contribution in [3.8, 4) is 0 Å². The van der Waals surface area contributed by atoms with E-state index < -0.39 is 11.9 Å². The van der Waals surface area contributed by atoms with Gasteiger partial charge in [-0.3, -0.25) is 4.79 Å². The summed E-state index contributed by atoms with van der Waals surface area (Å²) in [6, 6.07) is 5.84. The van der Waals surface area contributed by atoms with Crippen LogP contribution in [0.4, 0.5) is 4.39 Å². The predicted molar refractivity (Wildman–Crippen MR) is 85.0 cm³/mol. The van der Waals surface area contributed by atoms with Crippen molar-refractivity contribution < 1.29 is 18.7 Å². The zero-order chi connectivity index (χ0) is 17.3. The Morgan fingerprint density at radius 1 is 1.09 bits per heavy atom. The first-order valence-electron chi connectivity index (χ1n) is 7.29. The summed E-state index contributed by atoms with van der Waals surface area (Å²) in [5.41, 5.74) is 3.09. The molecule has 23 heavy (non-hydrogen) atoms. The quantitative estimate of drug-likeness (QED) is 0.803. The minimum absolute atomic E-state index is 0.127. The van der Waals surface area contributed by atoms with Gasteiger partial charge in [-0.05, 0) is 38.5 Å². The van der Waals surface area contributed by atoms with Crippen molar-refractivity contribution in [1.82, 2.24) is 4.90 Å². The average molecular weight is 317 g/mol. The van der Waals surface area contributed by atoms with Gasteiger partial charge in [0.25, 0.3) is 0 Å². The first-order valence-corrected chi connectivity index (χ1v) is 7.29. The van der Waals surface area contributed by atoms with Crippen LogP contribution >= 0.6 is 0 Å². The zero-order valence-electron chi connectivity index (χ0n) is 13.9. The highest BCUT2D eigenvalue weighted by Crippen LogP contribution is 2.41. The van der Waals surface area contributed by atoms with Gasteiger partial charge in [-0.15, -0.1) is 0 Å². The van der Waals surface area contributed by atoms with Crippen molar-refractivity contribution >= 4 is 11.8 Å². The Labute approximate surface area is 135 Å². The van der Waals surface area contributed by atoms with Gasteiger partial charge in [0.15, 0.2) is 5.78 Å². The third kappa shape index (κ3) is 2.91. The molecule has 2 rings (SSSR count). The van der Waals surface area contributed by atoms with Crippen molar-refractivity contribution in [1.29, 1.82) is 0 Å². The molecule has 1 aliphatic rings. The van der Waals surface area contributed by atoms with E-state index >= 15 is 0 Å². The molecule has 1 aromatic carbocycles. The molecule has 0 saturated carbocycles. The van der Waals surface area contributed by atoms with E-state index in [0.29, 0.717) is 22.4 Å². The number of esters is 1. The van der Waals surface area contributed by atoms with Gasteiger partial charge in [-0.1, -0.05) is 12.1 Å². The van der Waals surface area contributed by atoms with Crippen LogP contribution in [0.25, 0.3) is 0 Å². The molecule has 1 aromatic rings. The Kier molecular flexibility index (Phi) is 4.68. The van der Waals surface area contributed by atoms with Crippen LogP contribution in [-0.2, 0) is 14.3 Å². The lowest BCUT2D eigenvalue weighted by atomic mass is 9.78. The van der Waals surface area contributed by atoms with Crippen LogP contribution in [-0.4, -0.2) is 30.8 Å². The van der Waals surface area contributed by atoms with Crippen LogP contribution < -0.4 is 0 Å². The molecule has 1 atom stereocenters. The Hall–Kier alpha value is -2.43. The van der Waals surface area contributed by atoms with Crippen LogP contribution in [0, 0.1) is 5.82 Å². The van der Waals surface area contributed by atoms with Gasteiger partial charge in [0, 0.05) is 29.9 Å². The smallest absolute Gasteiger partial charge is 0.336 e. The number of carbonyl (C=O) groups excluding carboxylic acids is 2. The van der Waals surface area contributed by atoms with E-state index in [0.717, 1.165) is 5.70 Å². The van der Waals surface area contributed by atoms with Gasteiger partial charge in [0.05, 0.1) is 12.7 Å². The summed E-state index contributed by atoms with van der Waals surface area (Å²) in [4.78, 5) is 26.4. The number of benzene rings is 1. The van der Waals surface area contributed by atoms with E-state index in [2.05, 4.69) is 0 Å². The molecule has 0 aromatic heterocycles. The number of ketones is 1. The summed E-state index contributed by atoms with van der Waals surface area (Å²) in [5.74, 6) is -1.55. The van der Waals surface area contributed by atoms with Crippen LogP contribution in [0.1, 0.15) is 32.3 Å². The SMILES string of the molecule is COC(=O)C1=C(C)N(C)C(C)=C(C(C)=O)C1c1ccc(F)cc1. The van der Waals surface area contributed by atoms with E-state index in [1.54, 1.807) is 19.2 Å². The fraction of sp³-hybridized carbons (Fsp3) is 0.333. The molecule has 0 saturated heterocycles. The molecule has 0 N–H and O–H groups in total. The molecule has 1 unspecified atom stereocenters. The number of methoxy groups -OCH3 is 1. The molecule has 5 heteroatoms. The lowest BCUT2D eigenvalue weighted by Gasteiger charge is -2.35. The van der Waals surface area contributed by atoms with Crippen molar-refractivity contribution in [2.45, 2.75) is 26.7 Å². The Balaban J connectivity index is 2.73. The van der Waals surface area contributed by atoms with Crippen LogP contribution in [0.5, 0.6) is 0 Å². The molecular formula is C18H20FNO3. The molecule has 0 radical (unpaired) electrons. The number of hydrogen-bond donors (Lipinski definition) is 0. The molecule has 1 aliphatic heterocycles. The second-order valence-corrected chi connectivity index (χ2v) is 5.59. The van der Waals surface area contributed by atoms with E-state index in [1.807, 2.05) is 18.7 Å². The minimum Gasteiger partial charge on any atom is -0.466 e. The van der Waals surface area contributed by atoms with Gasteiger partial charge >= 0.3 is 5.97 Å². The topological polar surface area (TPSA) is 46.6 Å². The molecular weight excluding hydrogens is 297 g/mol. The maximum absolute atomic E-state index is 13.3. The number of hydrogen-bond acceptors (Lipinski definition) is 4. The van der Waals surface area contributed by atoms with E-state index in [1.165, 1.54) is 26.2 Å². The molecule has 122 valence electrons. The summed E-state index contributed by atoms with van der Waals surface area (Å²) < 4.78 is 18.2. The molecule has 1 heterocycles. The minimum atomic E-state index is -0.559. The van der Waals surface area contributed by atoms with Crippen LogP contribution in [0.3, 0.4) is 0 Å². The molecule has 0 amide bonds. The van der Waals surface area contributed by atoms with Crippen molar-refractivity contribution in [2.75, 3.05) is 14.2 Å². The van der Waals surface area contributed by atoms with Gasteiger partial charge in [0.1, 0.15) is 5.82 Å². The number of Topliss-reactive ketones (excluding diaryl/α,β-unsaturated/α-hetero) is 1. The first-order chi connectivity index (χ1) is 10.8. The monoisotopic (exact) mass is 317 g/mol.